The summed E-state index contributed by atoms with van der Waals surface area (Å²) in [5.41, 5.74) is 0.603. The second-order valence-electron chi connectivity index (χ2n) is 6.54. The number of carbonyl (C=O) groups excluding carboxylic acids is 3. The van der Waals surface area contributed by atoms with Gasteiger partial charge in [-0.05, 0) is 24.1 Å². The SMILES string of the molecule is CC(=O)S[C@H]1C[C@@H](C2CC(=O)N2)N(C(=O)OCc2ccc([N+](=O)[O-])cc2)C1. The van der Waals surface area contributed by atoms with E-state index in [0.29, 0.717) is 24.9 Å². The number of nitro groups is 1. The minimum absolute atomic E-state index is 0.0123. The lowest BCUT2D eigenvalue weighted by Gasteiger charge is -2.36. The van der Waals surface area contributed by atoms with E-state index in [-0.39, 0.29) is 40.7 Å². The summed E-state index contributed by atoms with van der Waals surface area (Å²) in [5, 5.41) is 13.4. The Kier molecular flexibility index (Phi) is 5.64. The molecule has 1 N–H and O–H groups in total. The summed E-state index contributed by atoms with van der Waals surface area (Å²) >= 11 is 1.19. The molecule has 2 aliphatic rings. The highest BCUT2D eigenvalue weighted by atomic mass is 32.2. The van der Waals surface area contributed by atoms with Gasteiger partial charge in [-0.15, -0.1) is 0 Å². The Balaban J connectivity index is 1.61. The van der Waals surface area contributed by atoms with Crippen LogP contribution in [0.3, 0.4) is 0 Å². The number of nitrogens with one attached hydrogen (secondary N) is 1. The van der Waals surface area contributed by atoms with Crippen LogP contribution in [0.4, 0.5) is 10.5 Å². The molecule has 2 saturated heterocycles. The van der Waals surface area contributed by atoms with Crippen LogP contribution in [-0.2, 0) is 20.9 Å². The Bertz CT molecular complexity index is 760. The topological polar surface area (TPSA) is 119 Å². The zero-order valence-electron chi connectivity index (χ0n) is 14.6. The number of thioether (sulfide) groups is 1. The van der Waals surface area contributed by atoms with E-state index in [2.05, 4.69) is 5.32 Å². The minimum atomic E-state index is -0.522. The highest BCUT2D eigenvalue weighted by molar-refractivity contribution is 8.14. The third kappa shape index (κ3) is 4.57. The predicted octanol–water partition coefficient (Wildman–Crippen LogP) is 1.84. The summed E-state index contributed by atoms with van der Waals surface area (Å²) in [5.74, 6) is -0.0538. The van der Waals surface area contributed by atoms with Gasteiger partial charge in [0.1, 0.15) is 6.61 Å². The number of carbonyl (C=O) groups is 3. The summed E-state index contributed by atoms with van der Waals surface area (Å²) in [6.45, 7) is 1.85. The third-order valence-electron chi connectivity index (χ3n) is 4.60. The van der Waals surface area contributed by atoms with Crippen molar-refractivity contribution in [2.24, 2.45) is 0 Å². The Morgan fingerprint density at radius 3 is 2.59 bits per heavy atom. The van der Waals surface area contributed by atoms with Crippen LogP contribution < -0.4 is 5.32 Å². The quantitative estimate of drug-likeness (QED) is 0.460. The Morgan fingerprint density at radius 1 is 1.37 bits per heavy atom. The first-order valence-corrected chi connectivity index (χ1v) is 9.34. The fraction of sp³-hybridized carbons (Fsp3) is 0.471. The van der Waals surface area contributed by atoms with E-state index in [1.54, 1.807) is 4.90 Å². The molecule has 1 unspecified atom stereocenters. The molecule has 3 atom stereocenters. The molecule has 3 rings (SSSR count). The van der Waals surface area contributed by atoms with Crippen molar-refractivity contribution in [2.45, 2.75) is 43.7 Å². The first kappa shape index (κ1) is 19.2. The second-order valence-corrected chi connectivity index (χ2v) is 8.02. The van der Waals surface area contributed by atoms with Gasteiger partial charge in [0, 0.05) is 37.3 Å². The number of ether oxygens (including phenoxy) is 1. The molecule has 2 fully saturated rings. The van der Waals surface area contributed by atoms with Gasteiger partial charge in [0.05, 0.1) is 17.0 Å². The Labute approximate surface area is 159 Å². The number of hydrogen-bond donors (Lipinski definition) is 1. The summed E-state index contributed by atoms with van der Waals surface area (Å²) in [7, 11) is 0. The molecule has 27 heavy (non-hydrogen) atoms. The van der Waals surface area contributed by atoms with Crippen LogP contribution in [0.5, 0.6) is 0 Å². The van der Waals surface area contributed by atoms with Gasteiger partial charge < -0.3 is 15.0 Å². The number of rotatable bonds is 5. The Hall–Kier alpha value is -2.62. The van der Waals surface area contributed by atoms with Gasteiger partial charge in [0.2, 0.25) is 5.91 Å². The molecule has 0 bridgehead atoms. The maximum atomic E-state index is 12.6. The molecule has 0 aliphatic carbocycles. The number of non-ortho nitro benzene ring substituents is 1. The molecule has 0 aromatic heterocycles. The van der Waals surface area contributed by atoms with Crippen molar-refractivity contribution < 1.29 is 24.0 Å². The summed E-state index contributed by atoms with van der Waals surface area (Å²) in [6.07, 6.45) is 0.446. The first-order chi connectivity index (χ1) is 12.8. The van der Waals surface area contributed by atoms with Gasteiger partial charge >= 0.3 is 6.09 Å². The molecule has 2 amide bonds. The molecule has 2 heterocycles. The van der Waals surface area contributed by atoms with Gasteiger partial charge in [-0.1, -0.05) is 11.8 Å². The smallest absolute Gasteiger partial charge is 0.410 e. The molecule has 2 aliphatic heterocycles. The van der Waals surface area contributed by atoms with E-state index >= 15 is 0 Å². The molecular formula is C17H19N3O6S. The molecule has 1 aromatic carbocycles. The van der Waals surface area contributed by atoms with Gasteiger partial charge in [0.15, 0.2) is 5.12 Å². The van der Waals surface area contributed by atoms with Crippen molar-refractivity contribution in [3.63, 3.8) is 0 Å². The summed E-state index contributed by atoms with van der Waals surface area (Å²) < 4.78 is 5.35. The van der Waals surface area contributed by atoms with E-state index in [1.165, 1.54) is 43.0 Å². The number of hydrogen-bond acceptors (Lipinski definition) is 7. The molecule has 0 saturated carbocycles. The molecule has 0 radical (unpaired) electrons. The molecule has 9 nitrogen and oxygen atoms in total. The molecule has 1 aromatic rings. The number of nitro benzene ring substituents is 1. The lowest BCUT2D eigenvalue weighted by atomic mass is 9.96. The van der Waals surface area contributed by atoms with E-state index in [0.717, 1.165) is 0 Å². The molecule has 0 spiro atoms. The highest BCUT2D eigenvalue weighted by Crippen LogP contribution is 2.33. The second kappa shape index (κ2) is 7.95. The van der Waals surface area contributed by atoms with Gasteiger partial charge in [-0.2, -0.15) is 0 Å². The molecule has 144 valence electrons. The normalized spacial score (nSPS) is 24.1. The third-order valence-corrected chi connectivity index (χ3v) is 5.60. The monoisotopic (exact) mass is 393 g/mol. The minimum Gasteiger partial charge on any atom is -0.445 e. The van der Waals surface area contributed by atoms with Crippen molar-refractivity contribution in [1.29, 1.82) is 0 Å². The van der Waals surface area contributed by atoms with Crippen molar-refractivity contribution in [3.05, 3.63) is 39.9 Å². The number of benzene rings is 1. The molecule has 10 heteroatoms. The zero-order valence-corrected chi connectivity index (χ0v) is 15.4. The van der Waals surface area contributed by atoms with Crippen LogP contribution in [0.25, 0.3) is 0 Å². The average molecular weight is 393 g/mol. The lowest BCUT2D eigenvalue weighted by Crippen LogP contribution is -2.59. The van der Waals surface area contributed by atoms with E-state index < -0.39 is 11.0 Å². The zero-order chi connectivity index (χ0) is 19.6. The fourth-order valence-electron chi connectivity index (χ4n) is 3.30. The van der Waals surface area contributed by atoms with Gasteiger partial charge in [0.25, 0.3) is 5.69 Å². The first-order valence-electron chi connectivity index (χ1n) is 8.47. The maximum absolute atomic E-state index is 12.6. The number of nitrogens with zero attached hydrogens (tertiary/aromatic N) is 2. The van der Waals surface area contributed by atoms with Crippen LogP contribution in [0.1, 0.15) is 25.3 Å². The van der Waals surface area contributed by atoms with E-state index in [9.17, 15) is 24.5 Å². The predicted molar refractivity (Wildman–Crippen MR) is 97.0 cm³/mol. The Morgan fingerprint density at radius 2 is 2.04 bits per heavy atom. The highest BCUT2D eigenvalue weighted by Gasteiger charge is 2.45. The van der Waals surface area contributed by atoms with Crippen LogP contribution >= 0.6 is 11.8 Å². The van der Waals surface area contributed by atoms with E-state index in [4.69, 9.17) is 4.74 Å². The van der Waals surface area contributed by atoms with Gasteiger partial charge in [-0.25, -0.2) is 4.79 Å². The lowest BCUT2D eigenvalue weighted by molar-refractivity contribution is -0.384. The van der Waals surface area contributed by atoms with Crippen molar-refractivity contribution in [1.82, 2.24) is 10.2 Å². The largest absolute Gasteiger partial charge is 0.445 e. The van der Waals surface area contributed by atoms with Crippen LogP contribution in [0.2, 0.25) is 0 Å². The van der Waals surface area contributed by atoms with Crippen LogP contribution in [0, 0.1) is 10.1 Å². The average Bonchev–Trinajstić information content (AvgIpc) is 2.99. The number of amides is 2. The van der Waals surface area contributed by atoms with Crippen molar-refractivity contribution in [2.75, 3.05) is 6.54 Å². The maximum Gasteiger partial charge on any atom is 0.410 e. The summed E-state index contributed by atoms with van der Waals surface area (Å²) in [4.78, 5) is 46.9. The number of likely N-dealkylation sites (tertiary alicyclic amines) is 1. The van der Waals surface area contributed by atoms with Crippen LogP contribution in [-0.4, -0.2) is 50.8 Å². The summed E-state index contributed by atoms with van der Waals surface area (Å²) in [6, 6.07) is 5.45. The fourth-order valence-corrected chi connectivity index (χ4v) is 4.29. The van der Waals surface area contributed by atoms with E-state index in [1.807, 2.05) is 0 Å². The van der Waals surface area contributed by atoms with Gasteiger partial charge in [-0.3, -0.25) is 19.7 Å². The van der Waals surface area contributed by atoms with Crippen molar-refractivity contribution >= 4 is 34.6 Å². The van der Waals surface area contributed by atoms with Crippen LogP contribution in [0.15, 0.2) is 24.3 Å². The standard InChI is InChI=1S/C17H19N3O6S/c1-10(21)27-13-6-15(14-7-16(22)18-14)19(8-13)17(23)26-9-11-2-4-12(5-3-11)20(24)25/h2-5,13-15H,6-9H2,1H3,(H,18,22)/t13-,14?,15-/m0/s1. The number of β-lactam (4-membered cyclic amide) rings is 1. The van der Waals surface area contributed by atoms with Crippen molar-refractivity contribution in [3.8, 4) is 0 Å². The molecular weight excluding hydrogens is 374 g/mol.